The monoisotopic (exact) mass is 448 g/mol. The molecule has 32 heavy (non-hydrogen) atoms. The van der Waals surface area contributed by atoms with Crippen LogP contribution in [0.4, 0.5) is 5.69 Å². The molecule has 0 bridgehead atoms. The van der Waals surface area contributed by atoms with Crippen LogP contribution in [0.1, 0.15) is 28.2 Å². The van der Waals surface area contributed by atoms with Crippen molar-refractivity contribution in [3.63, 3.8) is 0 Å². The van der Waals surface area contributed by atoms with Crippen LogP contribution in [0.2, 0.25) is 0 Å². The Bertz CT molecular complexity index is 1400. The van der Waals surface area contributed by atoms with E-state index in [9.17, 15) is 8.42 Å². The number of sulfonamides is 1. The van der Waals surface area contributed by atoms with Crippen molar-refractivity contribution in [3.05, 3.63) is 83.0 Å². The van der Waals surface area contributed by atoms with E-state index in [0.717, 1.165) is 22.4 Å². The molecular formula is C24H24N4O3S. The molecule has 7 nitrogen and oxygen atoms in total. The van der Waals surface area contributed by atoms with E-state index in [-0.39, 0.29) is 4.90 Å². The molecule has 5 rings (SSSR count). The Labute approximate surface area is 187 Å². The zero-order valence-electron chi connectivity index (χ0n) is 18.2. The average Bonchev–Trinajstić information content (AvgIpc) is 3.47. The highest BCUT2D eigenvalue weighted by Gasteiger charge is 2.35. The smallest absolute Gasteiger partial charge is 0.268 e. The molecule has 0 saturated heterocycles. The molecule has 1 aliphatic heterocycles. The Morgan fingerprint density at radius 1 is 1.03 bits per heavy atom. The Balaban J connectivity index is 1.45. The van der Waals surface area contributed by atoms with E-state index in [1.165, 1.54) is 4.31 Å². The zero-order valence-corrected chi connectivity index (χ0v) is 19.1. The van der Waals surface area contributed by atoms with E-state index < -0.39 is 10.0 Å². The SMILES string of the molecule is Cc1ccc(-c2nc(Cn3nc(C)c(S(=O)(=O)N4CCc5ccccc54)c3C)co2)cc1. The maximum Gasteiger partial charge on any atom is 0.268 e. The lowest BCUT2D eigenvalue weighted by atomic mass is 10.1. The molecule has 0 radical (unpaired) electrons. The molecule has 164 valence electrons. The summed E-state index contributed by atoms with van der Waals surface area (Å²) < 4.78 is 35.9. The van der Waals surface area contributed by atoms with Gasteiger partial charge in [-0.15, -0.1) is 0 Å². The number of aromatic nitrogens is 3. The van der Waals surface area contributed by atoms with Crippen molar-refractivity contribution < 1.29 is 12.8 Å². The van der Waals surface area contributed by atoms with Gasteiger partial charge in [-0.05, 0) is 51.0 Å². The first-order valence-electron chi connectivity index (χ1n) is 10.5. The van der Waals surface area contributed by atoms with Crippen LogP contribution in [0.3, 0.4) is 0 Å². The lowest BCUT2D eigenvalue weighted by molar-refractivity contribution is 0.568. The number of rotatable bonds is 5. The Hall–Kier alpha value is -3.39. The summed E-state index contributed by atoms with van der Waals surface area (Å²) in [5.74, 6) is 0.531. The van der Waals surface area contributed by atoms with E-state index in [1.54, 1.807) is 24.8 Å². The second-order valence-corrected chi connectivity index (χ2v) is 9.92. The number of nitrogens with zero attached hydrogens (tertiary/aromatic N) is 4. The van der Waals surface area contributed by atoms with Gasteiger partial charge in [0.2, 0.25) is 5.89 Å². The van der Waals surface area contributed by atoms with Crippen molar-refractivity contribution in [3.8, 4) is 11.5 Å². The number of aryl methyl sites for hydroxylation is 2. The summed E-state index contributed by atoms with van der Waals surface area (Å²) in [6.45, 7) is 6.32. The van der Waals surface area contributed by atoms with Gasteiger partial charge in [0.05, 0.1) is 23.6 Å². The van der Waals surface area contributed by atoms with Gasteiger partial charge in [-0.1, -0.05) is 35.9 Å². The zero-order chi connectivity index (χ0) is 22.5. The minimum atomic E-state index is -3.72. The van der Waals surface area contributed by atoms with E-state index in [0.29, 0.717) is 42.5 Å². The second-order valence-electron chi connectivity index (χ2n) is 8.12. The summed E-state index contributed by atoms with van der Waals surface area (Å²) in [4.78, 5) is 4.83. The minimum Gasteiger partial charge on any atom is -0.444 e. The molecule has 2 aromatic heterocycles. The molecule has 1 aliphatic rings. The highest BCUT2D eigenvalue weighted by Crippen LogP contribution is 2.34. The molecule has 3 heterocycles. The Kier molecular flexibility index (Phi) is 4.89. The maximum absolute atomic E-state index is 13.6. The summed E-state index contributed by atoms with van der Waals surface area (Å²) in [6.07, 6.45) is 2.30. The predicted octanol–water partition coefficient (Wildman–Crippen LogP) is 4.26. The van der Waals surface area contributed by atoms with Crippen LogP contribution in [0.25, 0.3) is 11.5 Å². The molecule has 0 unspecified atom stereocenters. The van der Waals surface area contributed by atoms with Gasteiger partial charge in [-0.2, -0.15) is 5.10 Å². The van der Waals surface area contributed by atoms with Crippen LogP contribution in [-0.4, -0.2) is 29.7 Å². The first-order chi connectivity index (χ1) is 15.3. The van der Waals surface area contributed by atoms with Gasteiger partial charge in [-0.25, -0.2) is 13.4 Å². The molecule has 0 spiro atoms. The van der Waals surface area contributed by atoms with Gasteiger partial charge in [0.25, 0.3) is 10.0 Å². The molecule has 4 aromatic rings. The fraction of sp³-hybridized carbons (Fsp3) is 0.250. The summed E-state index contributed by atoms with van der Waals surface area (Å²) in [5, 5.41) is 4.52. The van der Waals surface area contributed by atoms with Gasteiger partial charge in [-0.3, -0.25) is 8.99 Å². The molecule has 0 amide bonds. The normalized spacial score (nSPS) is 13.5. The van der Waals surface area contributed by atoms with Crippen LogP contribution in [0, 0.1) is 20.8 Å². The summed E-state index contributed by atoms with van der Waals surface area (Å²) >= 11 is 0. The van der Waals surface area contributed by atoms with Crippen LogP contribution < -0.4 is 4.31 Å². The Morgan fingerprint density at radius 3 is 2.56 bits per heavy atom. The average molecular weight is 449 g/mol. The third kappa shape index (κ3) is 3.40. The quantitative estimate of drug-likeness (QED) is 0.456. The fourth-order valence-corrected chi connectivity index (χ4v) is 6.12. The van der Waals surface area contributed by atoms with E-state index in [4.69, 9.17) is 4.42 Å². The number of fused-ring (bicyclic) bond motifs is 1. The molecule has 2 aromatic carbocycles. The van der Waals surface area contributed by atoms with Gasteiger partial charge in [0.15, 0.2) is 0 Å². The molecule has 0 aliphatic carbocycles. The highest BCUT2D eigenvalue weighted by molar-refractivity contribution is 7.93. The molecule has 0 N–H and O–H groups in total. The van der Waals surface area contributed by atoms with Crippen LogP contribution in [0.5, 0.6) is 0 Å². The first-order valence-corrected chi connectivity index (χ1v) is 11.9. The summed E-state index contributed by atoms with van der Waals surface area (Å²) in [6, 6.07) is 15.6. The van der Waals surface area contributed by atoms with E-state index >= 15 is 0 Å². The van der Waals surface area contributed by atoms with Crippen molar-refractivity contribution in [1.82, 2.24) is 14.8 Å². The van der Waals surface area contributed by atoms with Crippen LogP contribution >= 0.6 is 0 Å². The van der Waals surface area contributed by atoms with Crippen molar-refractivity contribution in [2.75, 3.05) is 10.8 Å². The lowest BCUT2D eigenvalue weighted by Gasteiger charge is -2.19. The van der Waals surface area contributed by atoms with Crippen molar-refractivity contribution in [1.29, 1.82) is 0 Å². The number of oxazole rings is 1. The Morgan fingerprint density at radius 2 is 1.78 bits per heavy atom. The number of hydrogen-bond donors (Lipinski definition) is 0. The van der Waals surface area contributed by atoms with Gasteiger partial charge in [0.1, 0.15) is 16.9 Å². The van der Waals surface area contributed by atoms with Crippen LogP contribution in [-0.2, 0) is 23.0 Å². The number of benzene rings is 2. The fourth-order valence-electron chi connectivity index (χ4n) is 4.24. The number of para-hydroxylation sites is 1. The second kappa shape index (κ2) is 7.63. The third-order valence-corrected chi connectivity index (χ3v) is 7.94. The van der Waals surface area contributed by atoms with Gasteiger partial charge < -0.3 is 4.42 Å². The molecular weight excluding hydrogens is 424 g/mol. The minimum absolute atomic E-state index is 0.261. The summed E-state index contributed by atoms with van der Waals surface area (Å²) in [7, 11) is -3.72. The maximum atomic E-state index is 13.6. The van der Waals surface area contributed by atoms with Crippen molar-refractivity contribution in [2.24, 2.45) is 0 Å². The highest BCUT2D eigenvalue weighted by atomic mass is 32.2. The van der Waals surface area contributed by atoms with E-state index in [1.807, 2.05) is 55.5 Å². The standard InChI is InChI=1S/C24H24N4O3S/c1-16-8-10-20(11-9-16)24-25-21(15-31-24)14-27-18(3)23(17(2)26-27)32(29,30)28-13-12-19-6-4-5-7-22(19)28/h4-11,15H,12-14H2,1-3H3. The number of hydrogen-bond acceptors (Lipinski definition) is 5. The van der Waals surface area contributed by atoms with Crippen molar-refractivity contribution >= 4 is 15.7 Å². The van der Waals surface area contributed by atoms with E-state index in [2.05, 4.69) is 10.1 Å². The topological polar surface area (TPSA) is 81.2 Å². The molecule has 0 fully saturated rings. The third-order valence-electron chi connectivity index (χ3n) is 5.87. The van der Waals surface area contributed by atoms with Crippen molar-refractivity contribution in [2.45, 2.75) is 38.6 Å². The molecule has 0 saturated carbocycles. The largest absolute Gasteiger partial charge is 0.444 e. The van der Waals surface area contributed by atoms with Gasteiger partial charge in [0, 0.05) is 12.1 Å². The lowest BCUT2D eigenvalue weighted by Crippen LogP contribution is -2.30. The van der Waals surface area contributed by atoms with Crippen LogP contribution in [0.15, 0.2) is 64.1 Å². The summed E-state index contributed by atoms with van der Waals surface area (Å²) in [5.41, 5.74) is 5.61. The predicted molar refractivity (Wildman–Crippen MR) is 122 cm³/mol. The number of anilines is 1. The van der Waals surface area contributed by atoms with Gasteiger partial charge >= 0.3 is 0 Å². The first kappa shape index (κ1) is 20.5. The molecule has 8 heteroatoms. The molecule has 0 atom stereocenters.